The second-order valence-corrected chi connectivity index (χ2v) is 5.17. The van der Waals surface area contributed by atoms with Crippen molar-refractivity contribution in [2.45, 2.75) is 13.8 Å². The fourth-order valence-corrected chi connectivity index (χ4v) is 2.27. The van der Waals surface area contributed by atoms with Gasteiger partial charge in [0.25, 0.3) is 0 Å². The van der Waals surface area contributed by atoms with Gasteiger partial charge in [-0.1, -0.05) is 23.8 Å². The SMILES string of the molecule is Cc1ccc(C(=O)/C=C/N(CCCl)CCCl)c(C)c1. The van der Waals surface area contributed by atoms with E-state index in [2.05, 4.69) is 0 Å². The van der Waals surface area contributed by atoms with Crippen molar-refractivity contribution in [2.24, 2.45) is 0 Å². The molecule has 2 nitrogen and oxygen atoms in total. The zero-order chi connectivity index (χ0) is 14.3. The molecule has 0 aliphatic rings. The number of halogens is 2. The molecule has 0 aliphatic carbocycles. The molecule has 19 heavy (non-hydrogen) atoms. The average Bonchev–Trinajstić information content (AvgIpc) is 2.36. The van der Waals surface area contributed by atoms with Crippen LogP contribution < -0.4 is 0 Å². The number of hydrogen-bond donors (Lipinski definition) is 0. The molecule has 0 heterocycles. The maximum atomic E-state index is 12.1. The molecule has 0 aliphatic heterocycles. The molecule has 0 unspecified atom stereocenters. The van der Waals surface area contributed by atoms with Gasteiger partial charge < -0.3 is 4.90 Å². The predicted molar refractivity (Wildman–Crippen MR) is 82.4 cm³/mol. The first-order valence-electron chi connectivity index (χ1n) is 6.24. The van der Waals surface area contributed by atoms with Crippen LogP contribution in [0.15, 0.2) is 30.5 Å². The number of allylic oxidation sites excluding steroid dienone is 1. The molecule has 0 aromatic heterocycles. The van der Waals surface area contributed by atoms with Crippen molar-refractivity contribution in [2.75, 3.05) is 24.8 Å². The molecule has 0 fully saturated rings. The van der Waals surface area contributed by atoms with Crippen molar-refractivity contribution < 1.29 is 4.79 Å². The maximum Gasteiger partial charge on any atom is 0.187 e. The molecule has 4 heteroatoms. The molecule has 0 amide bonds. The van der Waals surface area contributed by atoms with Gasteiger partial charge in [-0.15, -0.1) is 23.2 Å². The summed E-state index contributed by atoms with van der Waals surface area (Å²) in [6.07, 6.45) is 3.35. The minimum Gasteiger partial charge on any atom is -0.375 e. The predicted octanol–water partition coefficient (Wildman–Crippen LogP) is 3.78. The first-order valence-corrected chi connectivity index (χ1v) is 7.31. The third kappa shape index (κ3) is 5.25. The average molecular weight is 300 g/mol. The smallest absolute Gasteiger partial charge is 0.187 e. The third-order valence-electron chi connectivity index (χ3n) is 2.83. The number of carbonyl (C=O) groups is 1. The van der Waals surface area contributed by atoms with Crippen LogP contribution in [0.5, 0.6) is 0 Å². The summed E-state index contributed by atoms with van der Waals surface area (Å²) in [6.45, 7) is 5.33. The van der Waals surface area contributed by atoms with Crippen molar-refractivity contribution >= 4 is 29.0 Å². The Balaban J connectivity index is 2.77. The van der Waals surface area contributed by atoms with E-state index < -0.39 is 0 Å². The van der Waals surface area contributed by atoms with Gasteiger partial charge in [0, 0.05) is 42.7 Å². The summed E-state index contributed by atoms with van der Waals surface area (Å²) in [4.78, 5) is 14.1. The van der Waals surface area contributed by atoms with Crippen LogP contribution in [0.25, 0.3) is 0 Å². The molecule has 0 radical (unpaired) electrons. The Morgan fingerprint density at radius 2 is 1.84 bits per heavy atom. The Hall–Kier alpha value is -0.990. The van der Waals surface area contributed by atoms with Crippen molar-refractivity contribution in [1.82, 2.24) is 4.90 Å². The van der Waals surface area contributed by atoms with Crippen molar-refractivity contribution in [3.8, 4) is 0 Å². The number of aryl methyl sites for hydroxylation is 2. The second-order valence-electron chi connectivity index (χ2n) is 4.41. The molecule has 0 N–H and O–H groups in total. The van der Waals surface area contributed by atoms with E-state index in [9.17, 15) is 4.79 Å². The van der Waals surface area contributed by atoms with Crippen LogP contribution in [-0.2, 0) is 0 Å². The molecule has 0 bridgehead atoms. The zero-order valence-corrected chi connectivity index (χ0v) is 12.8. The number of nitrogens with zero attached hydrogens (tertiary/aromatic N) is 1. The van der Waals surface area contributed by atoms with Crippen LogP contribution in [0.1, 0.15) is 21.5 Å². The number of carbonyl (C=O) groups excluding carboxylic acids is 1. The van der Waals surface area contributed by atoms with E-state index in [0.717, 1.165) is 16.7 Å². The largest absolute Gasteiger partial charge is 0.375 e. The molecule has 104 valence electrons. The summed E-state index contributed by atoms with van der Waals surface area (Å²) in [5.74, 6) is 1.03. The fraction of sp³-hybridized carbons (Fsp3) is 0.400. The van der Waals surface area contributed by atoms with Crippen LogP contribution in [0, 0.1) is 13.8 Å². The summed E-state index contributed by atoms with van der Waals surface area (Å²) in [5, 5.41) is 0. The number of hydrogen-bond acceptors (Lipinski definition) is 2. The number of alkyl halides is 2. The number of rotatable bonds is 7. The lowest BCUT2D eigenvalue weighted by atomic mass is 10.0. The maximum absolute atomic E-state index is 12.1. The first-order chi connectivity index (χ1) is 9.08. The highest BCUT2D eigenvalue weighted by atomic mass is 35.5. The minimum atomic E-state index is 0.00615. The molecular formula is C15H19Cl2NO. The lowest BCUT2D eigenvalue weighted by molar-refractivity contribution is 0.104. The fourth-order valence-electron chi connectivity index (χ4n) is 1.83. The minimum absolute atomic E-state index is 0.00615. The van der Waals surface area contributed by atoms with Gasteiger partial charge in [0.2, 0.25) is 0 Å². The molecule has 1 aromatic carbocycles. The van der Waals surface area contributed by atoms with Gasteiger partial charge in [-0.2, -0.15) is 0 Å². The van der Waals surface area contributed by atoms with Crippen LogP contribution in [0.3, 0.4) is 0 Å². The summed E-state index contributed by atoms with van der Waals surface area (Å²) in [5.41, 5.74) is 2.89. The summed E-state index contributed by atoms with van der Waals surface area (Å²) in [7, 11) is 0. The van der Waals surface area contributed by atoms with Crippen molar-refractivity contribution in [3.05, 3.63) is 47.2 Å². The quantitative estimate of drug-likeness (QED) is 0.434. The van der Waals surface area contributed by atoms with Gasteiger partial charge in [-0.25, -0.2) is 0 Å². The van der Waals surface area contributed by atoms with Crippen LogP contribution in [0.4, 0.5) is 0 Å². The lowest BCUT2D eigenvalue weighted by Crippen LogP contribution is -2.22. The molecule has 1 aromatic rings. The second kappa shape index (κ2) is 8.23. The van der Waals surface area contributed by atoms with E-state index in [1.165, 1.54) is 0 Å². The number of benzene rings is 1. The molecule has 0 spiro atoms. The standard InChI is InChI=1S/C15H19Cl2NO/c1-12-3-4-14(13(2)11-12)15(19)5-8-18(9-6-16)10-7-17/h3-5,8,11H,6-7,9-10H2,1-2H3/b8-5+. The Kier molecular flexibility index (Phi) is 6.96. The van der Waals surface area contributed by atoms with Gasteiger partial charge in [-0.05, 0) is 19.4 Å². The van der Waals surface area contributed by atoms with E-state index in [4.69, 9.17) is 23.2 Å². The zero-order valence-electron chi connectivity index (χ0n) is 11.3. The Bertz CT molecular complexity index is 451. The van der Waals surface area contributed by atoms with Gasteiger partial charge in [0.15, 0.2) is 5.78 Å². The first kappa shape index (κ1) is 16.1. The normalized spacial score (nSPS) is 10.9. The highest BCUT2D eigenvalue weighted by Crippen LogP contribution is 2.12. The van der Waals surface area contributed by atoms with Crippen molar-refractivity contribution in [1.29, 1.82) is 0 Å². The molecule has 0 atom stereocenters. The highest BCUT2D eigenvalue weighted by Gasteiger charge is 2.06. The van der Waals surface area contributed by atoms with Gasteiger partial charge in [-0.3, -0.25) is 4.79 Å². The van der Waals surface area contributed by atoms with Crippen LogP contribution >= 0.6 is 23.2 Å². The monoisotopic (exact) mass is 299 g/mol. The lowest BCUT2D eigenvalue weighted by Gasteiger charge is -2.17. The molecule has 1 rings (SSSR count). The van der Waals surface area contributed by atoms with Gasteiger partial charge in [0.05, 0.1) is 0 Å². The molecule has 0 saturated carbocycles. The van der Waals surface area contributed by atoms with Crippen molar-refractivity contribution in [3.63, 3.8) is 0 Å². The van der Waals surface area contributed by atoms with E-state index in [1.54, 1.807) is 12.3 Å². The van der Waals surface area contributed by atoms with E-state index in [1.807, 2.05) is 36.9 Å². The third-order valence-corrected chi connectivity index (χ3v) is 3.17. The topological polar surface area (TPSA) is 20.3 Å². The van der Waals surface area contributed by atoms with E-state index in [-0.39, 0.29) is 5.78 Å². The van der Waals surface area contributed by atoms with E-state index in [0.29, 0.717) is 24.8 Å². The summed E-state index contributed by atoms with van der Waals surface area (Å²) < 4.78 is 0. The van der Waals surface area contributed by atoms with Crippen LogP contribution in [0.2, 0.25) is 0 Å². The Morgan fingerprint density at radius 1 is 1.21 bits per heavy atom. The summed E-state index contributed by atoms with van der Waals surface area (Å²) >= 11 is 11.4. The molecule has 0 saturated heterocycles. The van der Waals surface area contributed by atoms with Gasteiger partial charge in [0.1, 0.15) is 0 Å². The van der Waals surface area contributed by atoms with Gasteiger partial charge >= 0.3 is 0 Å². The highest BCUT2D eigenvalue weighted by molar-refractivity contribution is 6.18. The van der Waals surface area contributed by atoms with Crippen LogP contribution in [-0.4, -0.2) is 35.5 Å². The Labute approximate surface area is 125 Å². The molecular weight excluding hydrogens is 281 g/mol. The summed E-state index contributed by atoms with van der Waals surface area (Å²) in [6, 6.07) is 5.82. The number of ketones is 1. The Morgan fingerprint density at radius 3 is 2.37 bits per heavy atom. The van der Waals surface area contributed by atoms with E-state index >= 15 is 0 Å².